The van der Waals surface area contributed by atoms with E-state index in [4.69, 9.17) is 0 Å². The molecule has 32 valence electrons. The van der Waals surface area contributed by atoms with E-state index >= 15 is 0 Å². The summed E-state index contributed by atoms with van der Waals surface area (Å²) >= 11 is -2.77. The van der Waals surface area contributed by atoms with E-state index in [1.165, 1.54) is 0 Å². The maximum absolute atomic E-state index is 9.80. The van der Waals surface area contributed by atoms with Crippen LogP contribution in [0.2, 0.25) is 0 Å². The quantitative estimate of drug-likeness (QED) is 0.367. The zero-order valence-electron chi connectivity index (χ0n) is 2.01. The molecule has 0 aromatic heterocycles. The molecule has 0 nitrogen and oxygen atoms in total. The third kappa shape index (κ3) is 33.6. The van der Waals surface area contributed by atoms with E-state index in [2.05, 4.69) is 0 Å². The molecule has 0 aliphatic carbocycles. The summed E-state index contributed by atoms with van der Waals surface area (Å²) in [6.07, 6.45) is 0. The van der Waals surface area contributed by atoms with Crippen LogP contribution in [0, 0.1) is 0 Å². The molecule has 0 aromatic rings. The van der Waals surface area contributed by atoms with Crippen LogP contribution in [0.25, 0.3) is 0 Å². The Hall–Kier alpha value is 1.32. The number of halogens is 4. The molecular weight excluding hydrogens is 200 g/mol. The third-order valence-corrected chi connectivity index (χ3v) is 0. The molecule has 0 spiro atoms. The van der Waals surface area contributed by atoms with E-state index in [1.807, 2.05) is 0 Å². The van der Waals surface area contributed by atoms with Crippen LogP contribution < -0.4 is 24.8 Å². The Kier molecular flexibility index (Phi) is 59.8. The van der Waals surface area contributed by atoms with Crippen molar-refractivity contribution in [2.75, 3.05) is 0 Å². The van der Waals surface area contributed by atoms with Gasteiger partial charge in [0.25, 0.3) is 0 Å². The second-order valence-electron chi connectivity index (χ2n) is 0.0714. The molecule has 0 aliphatic rings. The van der Waals surface area contributed by atoms with E-state index in [9.17, 15) is 5.25 Å². The summed E-state index contributed by atoms with van der Waals surface area (Å²) in [5, 5.41) is 0. The van der Waals surface area contributed by atoms with Gasteiger partial charge < -0.3 is 24.8 Å². The molecule has 5 heteroatoms. The summed E-state index contributed by atoms with van der Waals surface area (Å²) in [6.45, 7) is 0. The van der Waals surface area contributed by atoms with Crippen molar-refractivity contribution >= 4 is 0 Å². The Balaban J connectivity index is -0.0000000200. The molecule has 0 heterocycles. The fourth-order valence-corrected chi connectivity index (χ4v) is 0. The van der Waals surface area contributed by atoms with Gasteiger partial charge in [-0.3, -0.25) is 0 Å². The zero-order chi connectivity index (χ0) is 2.71. The van der Waals surface area contributed by atoms with Crippen molar-refractivity contribution in [3.05, 3.63) is 0 Å². The summed E-state index contributed by atoms with van der Waals surface area (Å²) in [5.74, 6) is 0. The van der Waals surface area contributed by atoms with Gasteiger partial charge in [-0.2, -0.15) is 0 Å². The monoisotopic (exact) mass is 198 g/mol. The molecule has 0 radical (unpaired) electrons. The Morgan fingerprint density at radius 3 is 1.00 bits per heavy atom. The van der Waals surface area contributed by atoms with Crippen molar-refractivity contribution in [2.24, 2.45) is 0 Å². The van der Waals surface area contributed by atoms with Crippen LogP contribution in [0.1, 0.15) is 0 Å². The van der Waals surface area contributed by atoms with Crippen molar-refractivity contribution in [1.29, 1.82) is 0 Å². The van der Waals surface area contributed by atoms with E-state index in [1.54, 1.807) is 0 Å². The summed E-state index contributed by atoms with van der Waals surface area (Å²) in [7, 11) is 0. The minimum atomic E-state index is -2.77. The molecule has 5 heavy (non-hydrogen) atoms. The first-order chi connectivity index (χ1) is 1.41. The van der Waals surface area contributed by atoms with E-state index < -0.39 is 24.5 Å². The van der Waals surface area contributed by atoms with Crippen molar-refractivity contribution in [3.63, 3.8) is 0 Å². The average molecular weight is 200 g/mol. The predicted octanol–water partition coefficient (Wildman–Crippen LogP) is -5.15. The van der Waals surface area contributed by atoms with Crippen LogP contribution in [-0.4, -0.2) is 0 Å². The van der Waals surface area contributed by atoms with Crippen LogP contribution in [0.15, 0.2) is 0 Å². The summed E-state index contributed by atoms with van der Waals surface area (Å²) < 4.78 is 19.6. The third-order valence-electron chi connectivity index (χ3n) is 0. The Bertz CT molecular complexity index is 7.61. The molecular formula is Cl2F2Zr. The standard InChI is InChI=1S/2ClH.2FH.Zr/h4*1H;/q;;;;+4/p-4. The molecule has 0 saturated carbocycles. The van der Waals surface area contributed by atoms with Gasteiger partial charge >= 0.3 is 29.7 Å². The summed E-state index contributed by atoms with van der Waals surface area (Å²) in [6, 6.07) is 0. The zero-order valence-corrected chi connectivity index (χ0v) is 5.98. The summed E-state index contributed by atoms with van der Waals surface area (Å²) in [4.78, 5) is 0. The Morgan fingerprint density at radius 1 is 1.00 bits per heavy atom. The molecule has 0 rings (SSSR count). The summed E-state index contributed by atoms with van der Waals surface area (Å²) in [5.41, 5.74) is 0. The molecule has 0 unspecified atom stereocenters. The SMILES string of the molecule is [Cl-].[Cl-].[F][Zr+2][F]. The maximum atomic E-state index is 9.80. The van der Waals surface area contributed by atoms with Crippen LogP contribution >= 0.6 is 0 Å². The van der Waals surface area contributed by atoms with Gasteiger partial charge in [-0.05, 0) is 0 Å². The fourth-order valence-electron chi connectivity index (χ4n) is 0. The van der Waals surface area contributed by atoms with E-state index in [0.717, 1.165) is 0 Å². The van der Waals surface area contributed by atoms with Crippen molar-refractivity contribution in [2.45, 2.75) is 0 Å². The molecule has 0 saturated heterocycles. The first-order valence-electron chi connectivity index (χ1n) is 0.378. The van der Waals surface area contributed by atoms with Gasteiger partial charge in [0, 0.05) is 0 Å². The van der Waals surface area contributed by atoms with Crippen molar-refractivity contribution in [1.82, 2.24) is 0 Å². The van der Waals surface area contributed by atoms with Crippen LogP contribution in [-0.2, 0) is 24.5 Å². The Labute approximate surface area is 54.5 Å². The van der Waals surface area contributed by atoms with Gasteiger partial charge in [0.15, 0.2) is 0 Å². The first-order valence-corrected chi connectivity index (χ1v) is 2.24. The van der Waals surface area contributed by atoms with Crippen LogP contribution in [0.4, 0.5) is 5.25 Å². The number of rotatable bonds is 0. The van der Waals surface area contributed by atoms with Gasteiger partial charge in [-0.15, -0.1) is 0 Å². The molecule has 0 fully saturated rings. The van der Waals surface area contributed by atoms with Gasteiger partial charge in [-0.1, -0.05) is 0 Å². The molecule has 0 amide bonds. The van der Waals surface area contributed by atoms with Crippen molar-refractivity contribution in [3.8, 4) is 0 Å². The second-order valence-corrected chi connectivity index (χ2v) is 0.423. The normalized spacial score (nSPS) is 2.00. The molecule has 0 aliphatic heterocycles. The second kappa shape index (κ2) is 18.4. The van der Waals surface area contributed by atoms with Crippen LogP contribution in [0.5, 0.6) is 0 Å². The van der Waals surface area contributed by atoms with E-state index in [0.29, 0.717) is 0 Å². The van der Waals surface area contributed by atoms with Gasteiger partial charge in [0.1, 0.15) is 0 Å². The van der Waals surface area contributed by atoms with Gasteiger partial charge in [0.2, 0.25) is 0 Å². The van der Waals surface area contributed by atoms with Gasteiger partial charge in [0.05, 0.1) is 0 Å². The first kappa shape index (κ1) is 16.2. The molecule has 0 aromatic carbocycles. The molecule has 0 atom stereocenters. The fraction of sp³-hybridized carbons (Fsp3) is 0. The Morgan fingerprint density at radius 2 is 1.00 bits per heavy atom. The van der Waals surface area contributed by atoms with Crippen LogP contribution in [0.3, 0.4) is 0 Å². The predicted molar refractivity (Wildman–Crippen MR) is 2.22 cm³/mol. The molecule has 0 bridgehead atoms. The molecule has 0 N–H and O–H groups in total. The van der Waals surface area contributed by atoms with Gasteiger partial charge in [-0.25, -0.2) is 0 Å². The van der Waals surface area contributed by atoms with Crippen molar-refractivity contribution < 1.29 is 54.5 Å². The number of hydrogen-bond acceptors (Lipinski definition) is 0. The topological polar surface area (TPSA) is 0 Å². The number of hydrogen-bond donors (Lipinski definition) is 0. The minimum absolute atomic E-state index is 0. The van der Waals surface area contributed by atoms with E-state index in [-0.39, 0.29) is 24.8 Å². The average Bonchev–Trinajstić information content (AvgIpc) is 0.918.